The molecule has 0 unspecified atom stereocenters. The number of nitrogens with zero attached hydrogens (tertiary/aromatic N) is 1. The molecule has 1 aliphatic heterocycles. The molecule has 0 aromatic heterocycles. The summed E-state index contributed by atoms with van der Waals surface area (Å²) >= 11 is 0. The topological polar surface area (TPSA) is 37.4 Å². The van der Waals surface area contributed by atoms with E-state index in [1.54, 1.807) is 0 Å². The van der Waals surface area contributed by atoms with E-state index < -0.39 is 0 Å². The molecular weight excluding hydrogens is 178 g/mol. The first-order valence-electron chi connectivity index (χ1n) is 5.05. The third-order valence-electron chi connectivity index (χ3n) is 2.56. The third-order valence-corrected chi connectivity index (χ3v) is 2.56. The number of imide groups is 1. The molecule has 0 aromatic carbocycles. The van der Waals surface area contributed by atoms with Crippen molar-refractivity contribution in [2.24, 2.45) is 0 Å². The van der Waals surface area contributed by atoms with Gasteiger partial charge >= 0.3 is 0 Å². The highest BCUT2D eigenvalue weighted by molar-refractivity contribution is 6.13. The van der Waals surface area contributed by atoms with Crippen molar-refractivity contribution in [1.82, 2.24) is 4.90 Å². The lowest BCUT2D eigenvalue weighted by atomic mass is 9.95. The molecule has 0 fully saturated rings. The van der Waals surface area contributed by atoms with Gasteiger partial charge in [-0.15, -0.1) is 0 Å². The molecule has 0 bridgehead atoms. The number of rotatable bonds is 4. The number of unbranched alkanes of at least 4 members (excludes halogenated alkanes) is 1. The van der Waals surface area contributed by atoms with Crippen molar-refractivity contribution in [2.45, 2.75) is 45.6 Å². The van der Waals surface area contributed by atoms with Crippen molar-refractivity contribution in [3.63, 3.8) is 0 Å². The first kappa shape index (κ1) is 11.0. The van der Waals surface area contributed by atoms with Crippen molar-refractivity contribution in [3.8, 4) is 0 Å². The molecule has 0 aromatic rings. The molecule has 3 heteroatoms. The average Bonchev–Trinajstić information content (AvgIpc) is 2.43. The first-order valence-corrected chi connectivity index (χ1v) is 5.05. The normalized spacial score (nSPS) is 16.9. The van der Waals surface area contributed by atoms with Gasteiger partial charge < -0.3 is 0 Å². The van der Waals surface area contributed by atoms with E-state index >= 15 is 0 Å². The van der Waals surface area contributed by atoms with Crippen LogP contribution in [0.3, 0.4) is 0 Å². The lowest BCUT2D eigenvalue weighted by molar-refractivity contribution is -0.143. The van der Waals surface area contributed by atoms with Gasteiger partial charge in [0, 0.05) is 17.7 Å². The molecule has 0 spiro atoms. The Balaban J connectivity index is 2.72. The van der Waals surface area contributed by atoms with E-state index in [9.17, 15) is 9.59 Å². The van der Waals surface area contributed by atoms with E-state index in [2.05, 4.69) is 6.92 Å². The fourth-order valence-corrected chi connectivity index (χ4v) is 1.72. The molecule has 14 heavy (non-hydrogen) atoms. The van der Waals surface area contributed by atoms with Crippen molar-refractivity contribution in [1.29, 1.82) is 0 Å². The molecule has 0 N–H and O–H groups in total. The van der Waals surface area contributed by atoms with E-state index in [4.69, 9.17) is 0 Å². The van der Waals surface area contributed by atoms with Crippen LogP contribution in [-0.2, 0) is 9.59 Å². The molecular formula is C11H17NO2. The van der Waals surface area contributed by atoms with Gasteiger partial charge in [0.05, 0.1) is 0 Å². The SMILES string of the molecule is CCCCC(C)(C)N1C(=O)C=CC1=O. The van der Waals surface area contributed by atoms with Gasteiger partial charge in [-0.1, -0.05) is 19.8 Å². The van der Waals surface area contributed by atoms with Gasteiger partial charge in [0.2, 0.25) is 0 Å². The summed E-state index contributed by atoms with van der Waals surface area (Å²) in [6.45, 7) is 5.97. The van der Waals surface area contributed by atoms with Crippen LogP contribution in [0.1, 0.15) is 40.0 Å². The molecule has 0 aliphatic carbocycles. The van der Waals surface area contributed by atoms with Gasteiger partial charge in [-0.05, 0) is 20.3 Å². The second-order valence-electron chi connectivity index (χ2n) is 4.26. The zero-order chi connectivity index (χ0) is 10.8. The predicted octanol–water partition coefficient (Wildman–Crippen LogP) is 1.88. The summed E-state index contributed by atoms with van der Waals surface area (Å²) in [6.07, 6.45) is 5.66. The van der Waals surface area contributed by atoms with Gasteiger partial charge in [-0.25, -0.2) is 0 Å². The Morgan fingerprint density at radius 1 is 1.21 bits per heavy atom. The lowest BCUT2D eigenvalue weighted by Crippen LogP contribution is -2.47. The van der Waals surface area contributed by atoms with Gasteiger partial charge in [0.1, 0.15) is 0 Å². The van der Waals surface area contributed by atoms with Crippen LogP contribution < -0.4 is 0 Å². The monoisotopic (exact) mass is 195 g/mol. The number of carbonyl (C=O) groups excluding carboxylic acids is 2. The Hall–Kier alpha value is -1.12. The molecule has 0 saturated carbocycles. The highest BCUT2D eigenvalue weighted by Gasteiger charge is 2.36. The Labute approximate surface area is 84.8 Å². The van der Waals surface area contributed by atoms with Gasteiger partial charge in [-0.2, -0.15) is 0 Å². The quantitative estimate of drug-likeness (QED) is 0.642. The lowest BCUT2D eigenvalue weighted by Gasteiger charge is -2.33. The number of hydrogen-bond donors (Lipinski definition) is 0. The van der Waals surface area contributed by atoms with Crippen molar-refractivity contribution < 1.29 is 9.59 Å². The summed E-state index contributed by atoms with van der Waals surface area (Å²) in [5.41, 5.74) is -0.353. The Bertz CT molecular complexity index is 261. The number of hydrogen-bond acceptors (Lipinski definition) is 2. The number of amides is 2. The minimum Gasteiger partial charge on any atom is -0.270 e. The maximum absolute atomic E-state index is 11.4. The molecule has 3 nitrogen and oxygen atoms in total. The van der Waals surface area contributed by atoms with Gasteiger partial charge in [0.25, 0.3) is 11.8 Å². The molecule has 1 heterocycles. The molecule has 1 rings (SSSR count). The highest BCUT2D eigenvalue weighted by Crippen LogP contribution is 2.24. The maximum Gasteiger partial charge on any atom is 0.254 e. The van der Waals surface area contributed by atoms with Crippen LogP contribution in [0, 0.1) is 0 Å². The zero-order valence-corrected chi connectivity index (χ0v) is 9.04. The molecule has 0 saturated heterocycles. The van der Waals surface area contributed by atoms with Crippen molar-refractivity contribution in [2.75, 3.05) is 0 Å². The molecule has 2 amide bonds. The van der Waals surface area contributed by atoms with E-state index in [0.29, 0.717) is 0 Å². The minimum atomic E-state index is -0.353. The second-order valence-corrected chi connectivity index (χ2v) is 4.26. The van der Waals surface area contributed by atoms with E-state index in [-0.39, 0.29) is 17.4 Å². The van der Waals surface area contributed by atoms with E-state index in [0.717, 1.165) is 19.3 Å². The summed E-state index contributed by atoms with van der Waals surface area (Å²) in [6, 6.07) is 0. The first-order chi connectivity index (χ1) is 6.49. The van der Waals surface area contributed by atoms with Gasteiger partial charge in [-0.3, -0.25) is 14.5 Å². The summed E-state index contributed by atoms with van der Waals surface area (Å²) < 4.78 is 0. The maximum atomic E-state index is 11.4. The molecule has 0 radical (unpaired) electrons. The van der Waals surface area contributed by atoms with Crippen LogP contribution in [0.4, 0.5) is 0 Å². The Morgan fingerprint density at radius 2 is 1.71 bits per heavy atom. The van der Waals surface area contributed by atoms with Crippen molar-refractivity contribution >= 4 is 11.8 Å². The summed E-state index contributed by atoms with van der Waals surface area (Å²) in [4.78, 5) is 24.2. The van der Waals surface area contributed by atoms with Crippen LogP contribution in [0.25, 0.3) is 0 Å². The fourth-order valence-electron chi connectivity index (χ4n) is 1.72. The smallest absolute Gasteiger partial charge is 0.254 e. The zero-order valence-electron chi connectivity index (χ0n) is 9.04. The van der Waals surface area contributed by atoms with E-state index in [1.807, 2.05) is 13.8 Å². The molecule has 0 atom stereocenters. The predicted molar refractivity (Wildman–Crippen MR) is 54.6 cm³/mol. The Morgan fingerprint density at radius 3 is 2.14 bits per heavy atom. The van der Waals surface area contributed by atoms with Crippen molar-refractivity contribution in [3.05, 3.63) is 12.2 Å². The fraction of sp³-hybridized carbons (Fsp3) is 0.636. The van der Waals surface area contributed by atoms with E-state index in [1.165, 1.54) is 17.1 Å². The highest BCUT2D eigenvalue weighted by atomic mass is 16.2. The van der Waals surface area contributed by atoms with Gasteiger partial charge in [0.15, 0.2) is 0 Å². The van der Waals surface area contributed by atoms with Crippen LogP contribution in [0.2, 0.25) is 0 Å². The third kappa shape index (κ3) is 2.03. The largest absolute Gasteiger partial charge is 0.270 e. The van der Waals surface area contributed by atoms with Crippen LogP contribution in [-0.4, -0.2) is 22.3 Å². The van der Waals surface area contributed by atoms with Crippen LogP contribution in [0.15, 0.2) is 12.2 Å². The molecule has 78 valence electrons. The summed E-state index contributed by atoms with van der Waals surface area (Å²) in [5.74, 6) is -0.368. The van der Waals surface area contributed by atoms with Crippen LogP contribution in [0.5, 0.6) is 0 Å². The second kappa shape index (κ2) is 3.95. The Kier molecular flexibility index (Phi) is 3.09. The average molecular weight is 195 g/mol. The van der Waals surface area contributed by atoms with Crippen LogP contribution >= 0.6 is 0 Å². The minimum absolute atomic E-state index is 0.184. The molecule has 1 aliphatic rings. The summed E-state index contributed by atoms with van der Waals surface area (Å²) in [7, 11) is 0. The number of carbonyl (C=O) groups is 2. The summed E-state index contributed by atoms with van der Waals surface area (Å²) in [5, 5.41) is 0. The standard InChI is InChI=1S/C11H17NO2/c1-4-5-8-11(2,3)12-9(13)6-7-10(12)14/h6-7H,4-5,8H2,1-3H3.